The summed E-state index contributed by atoms with van der Waals surface area (Å²) >= 11 is 0. The van der Waals surface area contributed by atoms with Crippen molar-refractivity contribution >= 4 is 11.9 Å². The Morgan fingerprint density at radius 2 is 1.30 bits per heavy atom. The molecule has 2 aromatic rings. The third-order valence-electron chi connectivity index (χ3n) is 2.45. The van der Waals surface area contributed by atoms with Gasteiger partial charge in [0.15, 0.2) is 0 Å². The molecule has 98 valence electrons. The monoisotopic (exact) mass is 267 g/mol. The highest BCUT2D eigenvalue weighted by molar-refractivity contribution is 5.92. The second-order valence-electron chi connectivity index (χ2n) is 3.80. The molecule has 0 radical (unpaired) electrons. The summed E-state index contributed by atoms with van der Waals surface area (Å²) in [5, 5.41) is 8.63. The second kappa shape index (κ2) is 6.16. The number of hydrogen-bond donors (Lipinski definition) is 0. The Morgan fingerprint density at radius 1 is 0.800 bits per heavy atom. The number of rotatable bonds is 2. The lowest BCUT2D eigenvalue weighted by Crippen LogP contribution is -2.11. The minimum Gasteiger partial charge on any atom is -0.242 e. The van der Waals surface area contributed by atoms with Gasteiger partial charge in [-0.25, -0.2) is 19.4 Å². The lowest BCUT2D eigenvalue weighted by molar-refractivity contribution is -0.187. The Bertz CT molecular complexity index is 657. The maximum Gasteiger partial charge on any atom is 0.386 e. The number of nitrogens with zero attached hydrogens (tertiary/aromatic N) is 1. The number of hydrogen-bond acceptors (Lipinski definition) is 5. The third-order valence-corrected chi connectivity index (χ3v) is 2.45. The third kappa shape index (κ3) is 3.21. The highest BCUT2D eigenvalue weighted by Crippen LogP contribution is 2.07. The van der Waals surface area contributed by atoms with Crippen molar-refractivity contribution in [2.45, 2.75) is 0 Å². The van der Waals surface area contributed by atoms with E-state index >= 15 is 0 Å². The van der Waals surface area contributed by atoms with Crippen molar-refractivity contribution in [1.29, 1.82) is 5.26 Å². The predicted molar refractivity (Wildman–Crippen MR) is 68.4 cm³/mol. The van der Waals surface area contributed by atoms with E-state index in [1.54, 1.807) is 18.2 Å². The van der Waals surface area contributed by atoms with Gasteiger partial charge in [-0.15, -0.1) is 0 Å². The van der Waals surface area contributed by atoms with E-state index in [1.807, 2.05) is 6.07 Å². The summed E-state index contributed by atoms with van der Waals surface area (Å²) in [4.78, 5) is 32.0. The fourth-order valence-corrected chi connectivity index (χ4v) is 1.43. The smallest absolute Gasteiger partial charge is 0.242 e. The number of carbonyl (C=O) groups excluding carboxylic acids is 2. The van der Waals surface area contributed by atoms with E-state index in [0.717, 1.165) is 0 Å². The maximum absolute atomic E-state index is 11.6. The van der Waals surface area contributed by atoms with Gasteiger partial charge in [-0.2, -0.15) is 5.26 Å². The summed E-state index contributed by atoms with van der Waals surface area (Å²) in [6.45, 7) is 0. The van der Waals surface area contributed by atoms with Crippen LogP contribution in [0.5, 0.6) is 0 Å². The zero-order valence-electron chi connectivity index (χ0n) is 10.3. The quantitative estimate of drug-likeness (QED) is 0.617. The molecule has 5 nitrogen and oxygen atoms in total. The molecule has 2 aromatic carbocycles. The molecule has 0 aliphatic carbocycles. The zero-order valence-corrected chi connectivity index (χ0v) is 10.3. The molecule has 0 aliphatic heterocycles. The first-order chi connectivity index (χ1) is 9.70. The number of carbonyl (C=O) groups is 2. The molecular weight excluding hydrogens is 258 g/mol. The minimum absolute atomic E-state index is 0.185. The molecule has 0 spiro atoms. The van der Waals surface area contributed by atoms with Gasteiger partial charge in [-0.05, 0) is 36.4 Å². The van der Waals surface area contributed by atoms with E-state index in [4.69, 9.17) is 5.26 Å². The Hall–Kier alpha value is -3.13. The van der Waals surface area contributed by atoms with Gasteiger partial charge >= 0.3 is 11.9 Å². The normalized spacial score (nSPS) is 9.35. The average Bonchev–Trinajstić information content (AvgIpc) is 2.53. The fourth-order valence-electron chi connectivity index (χ4n) is 1.43. The molecule has 0 aromatic heterocycles. The van der Waals surface area contributed by atoms with Gasteiger partial charge in [0.2, 0.25) is 0 Å². The molecule has 5 heteroatoms. The predicted octanol–water partition coefficient (Wildman–Crippen LogP) is 2.49. The standard InChI is InChI=1S/C15H9NO4/c16-10-11-6-8-13(9-7-11)15(18)20-19-14(17)12-4-2-1-3-5-12/h1-9H. The first-order valence-electron chi connectivity index (χ1n) is 5.69. The van der Waals surface area contributed by atoms with E-state index in [2.05, 4.69) is 9.78 Å². The summed E-state index contributed by atoms with van der Waals surface area (Å²) < 4.78 is 0. The first-order valence-corrected chi connectivity index (χ1v) is 5.69. The molecule has 0 atom stereocenters. The zero-order chi connectivity index (χ0) is 14.4. The van der Waals surface area contributed by atoms with Crippen molar-refractivity contribution in [3.05, 3.63) is 71.3 Å². The average molecular weight is 267 g/mol. The van der Waals surface area contributed by atoms with Crippen LogP contribution in [0, 0.1) is 11.3 Å². The molecular formula is C15H9NO4. The van der Waals surface area contributed by atoms with Gasteiger partial charge in [-0.1, -0.05) is 18.2 Å². The van der Waals surface area contributed by atoms with Crippen LogP contribution in [0.4, 0.5) is 0 Å². The van der Waals surface area contributed by atoms with Gasteiger partial charge in [0.1, 0.15) is 0 Å². The minimum atomic E-state index is -0.807. The van der Waals surface area contributed by atoms with Crippen LogP contribution in [-0.4, -0.2) is 11.9 Å². The highest BCUT2D eigenvalue weighted by atomic mass is 17.2. The van der Waals surface area contributed by atoms with Crippen molar-refractivity contribution in [1.82, 2.24) is 0 Å². The van der Waals surface area contributed by atoms with Crippen LogP contribution in [0.3, 0.4) is 0 Å². The summed E-state index contributed by atoms with van der Waals surface area (Å²) in [6.07, 6.45) is 0. The highest BCUT2D eigenvalue weighted by Gasteiger charge is 2.13. The Labute approximate surface area is 114 Å². The molecule has 0 aliphatic rings. The maximum atomic E-state index is 11.6. The Kier molecular flexibility index (Phi) is 4.10. The topological polar surface area (TPSA) is 76.4 Å². The summed E-state index contributed by atoms with van der Waals surface area (Å²) in [7, 11) is 0. The largest absolute Gasteiger partial charge is 0.386 e. The molecule has 0 fully saturated rings. The molecule has 0 N–H and O–H groups in total. The van der Waals surface area contributed by atoms with E-state index < -0.39 is 11.9 Å². The van der Waals surface area contributed by atoms with Gasteiger partial charge in [-0.3, -0.25) is 0 Å². The van der Waals surface area contributed by atoms with E-state index in [0.29, 0.717) is 5.56 Å². The van der Waals surface area contributed by atoms with Crippen LogP contribution >= 0.6 is 0 Å². The first kappa shape index (κ1) is 13.3. The fraction of sp³-hybridized carbons (Fsp3) is 0. The van der Waals surface area contributed by atoms with Gasteiger partial charge in [0, 0.05) is 0 Å². The van der Waals surface area contributed by atoms with Crippen molar-refractivity contribution < 1.29 is 19.4 Å². The van der Waals surface area contributed by atoms with Crippen molar-refractivity contribution in [3.63, 3.8) is 0 Å². The molecule has 0 bridgehead atoms. The van der Waals surface area contributed by atoms with Crippen LogP contribution < -0.4 is 0 Å². The lowest BCUT2D eigenvalue weighted by atomic mass is 10.1. The molecule has 20 heavy (non-hydrogen) atoms. The van der Waals surface area contributed by atoms with Crippen molar-refractivity contribution in [3.8, 4) is 6.07 Å². The molecule has 0 heterocycles. The second-order valence-corrected chi connectivity index (χ2v) is 3.80. The van der Waals surface area contributed by atoms with Crippen LogP contribution in [0.2, 0.25) is 0 Å². The van der Waals surface area contributed by atoms with Gasteiger partial charge in [0.05, 0.1) is 22.8 Å². The Balaban J connectivity index is 1.95. The van der Waals surface area contributed by atoms with Crippen LogP contribution in [0.1, 0.15) is 26.3 Å². The van der Waals surface area contributed by atoms with Gasteiger partial charge < -0.3 is 0 Å². The van der Waals surface area contributed by atoms with E-state index in [1.165, 1.54) is 36.4 Å². The molecule has 0 unspecified atom stereocenters. The van der Waals surface area contributed by atoms with E-state index in [-0.39, 0.29) is 11.1 Å². The molecule has 0 saturated carbocycles. The lowest BCUT2D eigenvalue weighted by Gasteiger charge is -2.03. The number of benzene rings is 2. The Morgan fingerprint density at radius 3 is 1.80 bits per heavy atom. The SMILES string of the molecule is N#Cc1ccc(C(=O)OOC(=O)c2ccccc2)cc1. The van der Waals surface area contributed by atoms with Crippen molar-refractivity contribution in [2.24, 2.45) is 0 Å². The van der Waals surface area contributed by atoms with Crippen LogP contribution in [0.25, 0.3) is 0 Å². The summed E-state index contributed by atoms with van der Waals surface area (Å²) in [5.41, 5.74) is 0.882. The molecule has 0 amide bonds. The number of nitriles is 1. The van der Waals surface area contributed by atoms with Crippen LogP contribution in [0.15, 0.2) is 54.6 Å². The summed E-state index contributed by atoms with van der Waals surface area (Å²) in [6, 6.07) is 15.9. The van der Waals surface area contributed by atoms with Crippen LogP contribution in [-0.2, 0) is 9.78 Å². The molecule has 2 rings (SSSR count). The van der Waals surface area contributed by atoms with Crippen molar-refractivity contribution in [2.75, 3.05) is 0 Å². The van der Waals surface area contributed by atoms with Gasteiger partial charge in [0.25, 0.3) is 0 Å². The summed E-state index contributed by atoms with van der Waals surface area (Å²) in [5.74, 6) is -1.56. The van der Waals surface area contributed by atoms with E-state index in [9.17, 15) is 9.59 Å². The molecule has 0 saturated heterocycles.